The molecule has 1 aromatic carbocycles. The van der Waals surface area contributed by atoms with E-state index < -0.39 is 0 Å². The molecular formula is C18H22N2O2S. The summed E-state index contributed by atoms with van der Waals surface area (Å²) in [7, 11) is 0. The number of ether oxygens (including phenoxy) is 1. The number of thiophene rings is 1. The molecule has 2 heterocycles. The van der Waals surface area contributed by atoms with Crippen molar-refractivity contribution < 1.29 is 9.53 Å². The second-order valence-corrected chi connectivity index (χ2v) is 6.75. The highest BCUT2D eigenvalue weighted by molar-refractivity contribution is 7.12. The van der Waals surface area contributed by atoms with Crippen LogP contribution in [0.2, 0.25) is 0 Å². The summed E-state index contributed by atoms with van der Waals surface area (Å²) >= 11 is 1.47. The minimum atomic E-state index is -0.0357. The van der Waals surface area contributed by atoms with Crippen molar-refractivity contribution in [1.82, 2.24) is 4.90 Å². The number of hydrogen-bond donors (Lipinski definition) is 1. The van der Waals surface area contributed by atoms with E-state index in [-0.39, 0.29) is 5.91 Å². The Morgan fingerprint density at radius 1 is 1.22 bits per heavy atom. The maximum Gasteiger partial charge on any atom is 0.265 e. The van der Waals surface area contributed by atoms with Crippen molar-refractivity contribution in [2.75, 3.05) is 31.6 Å². The van der Waals surface area contributed by atoms with E-state index in [0.717, 1.165) is 42.4 Å². The average molecular weight is 330 g/mol. The second-order valence-electron chi connectivity index (χ2n) is 5.83. The van der Waals surface area contributed by atoms with Crippen LogP contribution in [-0.2, 0) is 4.74 Å². The standard InChI is InChI=1S/C18H22N2O2S/c1-13-7-12-23-17(13)18(21)19-16-5-3-15(4-6-16)14(2)20-8-10-22-11-9-20/h3-7,12,14H,8-11H2,1-2H3,(H,19,21). The number of aryl methyl sites for hydroxylation is 1. The molecule has 1 fully saturated rings. The summed E-state index contributed by atoms with van der Waals surface area (Å²) in [5.41, 5.74) is 3.11. The zero-order valence-corrected chi connectivity index (χ0v) is 14.4. The van der Waals surface area contributed by atoms with E-state index in [0.29, 0.717) is 6.04 Å². The van der Waals surface area contributed by atoms with Crippen LogP contribution >= 0.6 is 11.3 Å². The minimum Gasteiger partial charge on any atom is -0.379 e. The average Bonchev–Trinajstić information content (AvgIpc) is 3.02. The van der Waals surface area contributed by atoms with Crippen molar-refractivity contribution in [1.29, 1.82) is 0 Å². The molecule has 1 aliphatic rings. The van der Waals surface area contributed by atoms with Crippen molar-refractivity contribution in [3.8, 4) is 0 Å². The van der Waals surface area contributed by atoms with Gasteiger partial charge in [0, 0.05) is 24.8 Å². The van der Waals surface area contributed by atoms with Crippen LogP contribution in [0.4, 0.5) is 5.69 Å². The molecule has 0 spiro atoms. The topological polar surface area (TPSA) is 41.6 Å². The normalized spacial score (nSPS) is 17.0. The molecule has 23 heavy (non-hydrogen) atoms. The highest BCUT2D eigenvalue weighted by Crippen LogP contribution is 2.23. The molecular weight excluding hydrogens is 308 g/mol. The van der Waals surface area contributed by atoms with Gasteiger partial charge in [-0.25, -0.2) is 0 Å². The van der Waals surface area contributed by atoms with Crippen LogP contribution in [0.5, 0.6) is 0 Å². The molecule has 1 unspecified atom stereocenters. The Hall–Kier alpha value is -1.69. The Morgan fingerprint density at radius 3 is 2.52 bits per heavy atom. The van der Waals surface area contributed by atoms with Gasteiger partial charge < -0.3 is 10.1 Å². The Balaban J connectivity index is 1.65. The first-order valence-electron chi connectivity index (χ1n) is 7.92. The molecule has 1 saturated heterocycles. The van der Waals surface area contributed by atoms with Gasteiger partial charge in [0.2, 0.25) is 0 Å². The summed E-state index contributed by atoms with van der Waals surface area (Å²) in [5.74, 6) is -0.0357. The molecule has 1 N–H and O–H groups in total. The Labute approximate surface area is 141 Å². The first-order valence-corrected chi connectivity index (χ1v) is 8.80. The molecule has 1 amide bonds. The van der Waals surface area contributed by atoms with E-state index in [4.69, 9.17) is 4.74 Å². The van der Waals surface area contributed by atoms with E-state index in [1.54, 1.807) is 0 Å². The van der Waals surface area contributed by atoms with Crippen LogP contribution in [-0.4, -0.2) is 37.1 Å². The van der Waals surface area contributed by atoms with Crippen molar-refractivity contribution in [2.24, 2.45) is 0 Å². The van der Waals surface area contributed by atoms with Gasteiger partial charge in [-0.05, 0) is 48.6 Å². The third-order valence-corrected chi connectivity index (χ3v) is 5.33. The number of hydrogen-bond acceptors (Lipinski definition) is 4. The third kappa shape index (κ3) is 3.80. The fourth-order valence-electron chi connectivity index (χ4n) is 2.81. The van der Waals surface area contributed by atoms with Crippen LogP contribution in [0.1, 0.15) is 33.8 Å². The molecule has 1 atom stereocenters. The highest BCUT2D eigenvalue weighted by Gasteiger charge is 2.18. The van der Waals surface area contributed by atoms with E-state index in [1.165, 1.54) is 16.9 Å². The van der Waals surface area contributed by atoms with E-state index in [9.17, 15) is 4.79 Å². The number of carbonyl (C=O) groups is 1. The van der Waals surface area contributed by atoms with Crippen LogP contribution in [0, 0.1) is 6.92 Å². The minimum absolute atomic E-state index is 0.0357. The Bertz CT molecular complexity index is 660. The van der Waals surface area contributed by atoms with Crippen LogP contribution in [0.3, 0.4) is 0 Å². The fraction of sp³-hybridized carbons (Fsp3) is 0.389. The molecule has 5 heteroatoms. The van der Waals surface area contributed by atoms with Gasteiger partial charge in [0.05, 0.1) is 18.1 Å². The number of rotatable bonds is 4. The quantitative estimate of drug-likeness (QED) is 0.929. The lowest BCUT2D eigenvalue weighted by molar-refractivity contribution is 0.0198. The molecule has 0 bridgehead atoms. The zero-order valence-electron chi connectivity index (χ0n) is 13.5. The summed E-state index contributed by atoms with van der Waals surface area (Å²) in [4.78, 5) is 15.4. The molecule has 2 aromatic rings. The largest absolute Gasteiger partial charge is 0.379 e. The molecule has 0 aliphatic carbocycles. The lowest BCUT2D eigenvalue weighted by atomic mass is 10.1. The summed E-state index contributed by atoms with van der Waals surface area (Å²) in [6.07, 6.45) is 0. The number of anilines is 1. The van der Waals surface area contributed by atoms with Crippen LogP contribution in [0.25, 0.3) is 0 Å². The van der Waals surface area contributed by atoms with Crippen molar-refractivity contribution >= 4 is 22.9 Å². The van der Waals surface area contributed by atoms with E-state index in [2.05, 4.69) is 29.3 Å². The predicted molar refractivity (Wildman–Crippen MR) is 94.3 cm³/mol. The maximum atomic E-state index is 12.2. The van der Waals surface area contributed by atoms with Crippen LogP contribution in [0.15, 0.2) is 35.7 Å². The number of morpholine rings is 1. The summed E-state index contributed by atoms with van der Waals surface area (Å²) in [6.45, 7) is 7.72. The number of nitrogens with one attached hydrogen (secondary N) is 1. The SMILES string of the molecule is Cc1ccsc1C(=O)Nc1ccc(C(C)N2CCOCC2)cc1. The van der Waals surface area contributed by atoms with Crippen molar-refractivity contribution in [3.63, 3.8) is 0 Å². The van der Waals surface area contributed by atoms with E-state index in [1.807, 2.05) is 30.5 Å². The fourth-order valence-corrected chi connectivity index (χ4v) is 3.63. The molecule has 122 valence electrons. The monoisotopic (exact) mass is 330 g/mol. The maximum absolute atomic E-state index is 12.2. The first-order chi connectivity index (χ1) is 11.1. The van der Waals surface area contributed by atoms with Gasteiger partial charge >= 0.3 is 0 Å². The second kappa shape index (κ2) is 7.25. The van der Waals surface area contributed by atoms with Gasteiger partial charge in [0.1, 0.15) is 0 Å². The van der Waals surface area contributed by atoms with Crippen LogP contribution < -0.4 is 5.32 Å². The summed E-state index contributed by atoms with van der Waals surface area (Å²) in [5, 5.41) is 4.91. The van der Waals surface area contributed by atoms with Crippen molar-refractivity contribution in [2.45, 2.75) is 19.9 Å². The molecule has 3 rings (SSSR count). The third-order valence-electron chi connectivity index (χ3n) is 4.31. The molecule has 0 radical (unpaired) electrons. The van der Waals surface area contributed by atoms with Gasteiger partial charge in [0.25, 0.3) is 5.91 Å². The molecule has 4 nitrogen and oxygen atoms in total. The van der Waals surface area contributed by atoms with Gasteiger partial charge in [0.15, 0.2) is 0 Å². The van der Waals surface area contributed by atoms with Gasteiger partial charge in [-0.1, -0.05) is 12.1 Å². The lowest BCUT2D eigenvalue weighted by Gasteiger charge is -2.32. The van der Waals surface area contributed by atoms with E-state index >= 15 is 0 Å². The van der Waals surface area contributed by atoms with Crippen molar-refractivity contribution in [3.05, 3.63) is 51.7 Å². The molecule has 0 saturated carbocycles. The molecule has 1 aromatic heterocycles. The smallest absolute Gasteiger partial charge is 0.265 e. The van der Waals surface area contributed by atoms with Gasteiger partial charge in [-0.3, -0.25) is 9.69 Å². The highest BCUT2D eigenvalue weighted by atomic mass is 32.1. The number of amides is 1. The number of nitrogens with zero attached hydrogens (tertiary/aromatic N) is 1. The predicted octanol–water partition coefficient (Wildman–Crippen LogP) is 3.70. The first kappa shape index (κ1) is 16.2. The summed E-state index contributed by atoms with van der Waals surface area (Å²) < 4.78 is 5.41. The summed E-state index contributed by atoms with van der Waals surface area (Å²) in [6, 6.07) is 10.5. The Morgan fingerprint density at radius 2 is 1.91 bits per heavy atom. The lowest BCUT2D eigenvalue weighted by Crippen LogP contribution is -2.37. The zero-order chi connectivity index (χ0) is 16.2. The number of carbonyl (C=O) groups excluding carboxylic acids is 1. The Kier molecular flexibility index (Phi) is 5.10. The number of benzene rings is 1. The van der Waals surface area contributed by atoms with Gasteiger partial charge in [-0.15, -0.1) is 11.3 Å². The molecule has 1 aliphatic heterocycles. The van der Waals surface area contributed by atoms with Gasteiger partial charge in [-0.2, -0.15) is 0 Å².